The Morgan fingerprint density at radius 1 is 1.25 bits per heavy atom. The van der Waals surface area contributed by atoms with E-state index in [1.54, 1.807) is 11.9 Å². The van der Waals surface area contributed by atoms with Gasteiger partial charge in [-0.25, -0.2) is 4.99 Å². The zero-order valence-electron chi connectivity index (χ0n) is 18.9. The fraction of sp³-hybridized carbons (Fsp3) is 0.478. The number of benzene rings is 1. The van der Waals surface area contributed by atoms with Crippen LogP contribution in [0.25, 0.3) is 0 Å². The number of hydrogen-bond donors (Lipinski definition) is 2. The number of fused-ring (bicyclic) bond motifs is 2. The molecular formula is C23H29N7O2. The Morgan fingerprint density at radius 3 is 2.78 bits per heavy atom. The molecule has 0 amide bonds. The van der Waals surface area contributed by atoms with E-state index >= 15 is 0 Å². The number of methoxy groups -OCH3 is 1. The monoisotopic (exact) mass is 435 g/mol. The molecule has 1 aromatic heterocycles. The van der Waals surface area contributed by atoms with Crippen LogP contribution >= 0.6 is 0 Å². The first-order valence-corrected chi connectivity index (χ1v) is 10.8. The zero-order chi connectivity index (χ0) is 22.7. The third kappa shape index (κ3) is 3.28. The second kappa shape index (κ2) is 7.06. The second-order valence-corrected chi connectivity index (χ2v) is 9.67. The van der Waals surface area contributed by atoms with Crippen LogP contribution in [0.5, 0.6) is 5.75 Å². The summed E-state index contributed by atoms with van der Waals surface area (Å²) in [6, 6.07) is 6.08. The van der Waals surface area contributed by atoms with Crippen molar-refractivity contribution in [2.24, 2.45) is 16.5 Å². The molecule has 3 unspecified atom stereocenters. The third-order valence-corrected chi connectivity index (χ3v) is 6.34. The van der Waals surface area contributed by atoms with Gasteiger partial charge in [-0.3, -0.25) is 5.73 Å². The van der Waals surface area contributed by atoms with E-state index in [2.05, 4.69) is 21.5 Å². The number of rotatable bonds is 3. The fourth-order valence-electron chi connectivity index (χ4n) is 4.60. The number of ether oxygens (including phenoxy) is 2. The maximum Gasteiger partial charge on any atom is 0.221 e. The van der Waals surface area contributed by atoms with Gasteiger partial charge in [-0.2, -0.15) is 4.80 Å². The minimum absolute atomic E-state index is 0.0889. The maximum atomic E-state index is 6.74. The SMILES string of the molecule is COc1cccc2c1C(C1(N)N=C3C=CC(N)(c4nnn(C(C)(C)C)n4)C=C3CO1)CC2. The Labute approximate surface area is 187 Å². The summed E-state index contributed by atoms with van der Waals surface area (Å²) in [5.41, 5.74) is 16.1. The standard InChI is InChI=1S/C23H29N7O2/c1-21(2,3)30-28-20(27-29-30)22(24)11-10-17-15(12-22)13-32-23(25,26-17)16-9-8-14-6-5-7-18(31-4)19(14)16/h5-7,10-12,16H,8-9,13,24-25H2,1-4H3. The average molecular weight is 436 g/mol. The van der Waals surface area contributed by atoms with Gasteiger partial charge in [0.05, 0.1) is 30.9 Å². The van der Waals surface area contributed by atoms with Crippen LogP contribution in [0.2, 0.25) is 0 Å². The predicted molar refractivity (Wildman–Crippen MR) is 120 cm³/mol. The highest BCUT2D eigenvalue weighted by Gasteiger charge is 2.46. The molecule has 3 aliphatic rings. The first-order chi connectivity index (χ1) is 15.1. The van der Waals surface area contributed by atoms with Crippen LogP contribution in [0, 0.1) is 0 Å². The lowest BCUT2D eigenvalue weighted by Crippen LogP contribution is -2.51. The molecule has 3 atom stereocenters. The highest BCUT2D eigenvalue weighted by Crippen LogP contribution is 2.46. The Hall–Kier alpha value is -2.88. The third-order valence-electron chi connectivity index (χ3n) is 6.34. The molecule has 0 saturated carbocycles. The van der Waals surface area contributed by atoms with Crippen molar-refractivity contribution >= 4 is 5.71 Å². The Morgan fingerprint density at radius 2 is 2.06 bits per heavy atom. The molecule has 1 aliphatic heterocycles. The molecule has 168 valence electrons. The number of tetrazole rings is 1. The van der Waals surface area contributed by atoms with Crippen molar-refractivity contribution in [1.82, 2.24) is 20.2 Å². The first-order valence-electron chi connectivity index (χ1n) is 10.8. The van der Waals surface area contributed by atoms with Gasteiger partial charge in [-0.1, -0.05) is 18.2 Å². The van der Waals surface area contributed by atoms with Gasteiger partial charge in [-0.15, -0.1) is 10.2 Å². The van der Waals surface area contributed by atoms with Crippen LogP contribution in [0.15, 0.2) is 47.0 Å². The summed E-state index contributed by atoms with van der Waals surface area (Å²) in [6.07, 6.45) is 7.39. The van der Waals surface area contributed by atoms with Crippen molar-refractivity contribution in [3.05, 3.63) is 59.0 Å². The summed E-state index contributed by atoms with van der Waals surface area (Å²) in [6.45, 7) is 6.32. The van der Waals surface area contributed by atoms with Crippen molar-refractivity contribution in [2.75, 3.05) is 13.7 Å². The van der Waals surface area contributed by atoms with Gasteiger partial charge in [0, 0.05) is 11.1 Å². The second-order valence-electron chi connectivity index (χ2n) is 9.67. The number of allylic oxidation sites excluding steroid dienone is 1. The lowest BCUT2D eigenvalue weighted by atomic mass is 9.87. The molecule has 9 nitrogen and oxygen atoms in total. The van der Waals surface area contributed by atoms with E-state index in [9.17, 15) is 0 Å². The molecule has 0 spiro atoms. The Balaban J connectivity index is 1.47. The van der Waals surface area contributed by atoms with Crippen molar-refractivity contribution in [3.63, 3.8) is 0 Å². The van der Waals surface area contributed by atoms with E-state index in [-0.39, 0.29) is 11.5 Å². The molecule has 0 radical (unpaired) electrons. The minimum atomic E-state index is -1.17. The summed E-state index contributed by atoms with van der Waals surface area (Å²) in [5.74, 6) is -0.00420. The maximum absolute atomic E-state index is 6.74. The molecule has 0 fully saturated rings. The van der Waals surface area contributed by atoms with Gasteiger partial charge in [-0.05, 0) is 62.6 Å². The molecule has 0 saturated heterocycles. The van der Waals surface area contributed by atoms with Crippen LogP contribution in [0.1, 0.15) is 50.1 Å². The van der Waals surface area contributed by atoms with Gasteiger partial charge < -0.3 is 15.2 Å². The summed E-state index contributed by atoms with van der Waals surface area (Å²) in [4.78, 5) is 6.41. The summed E-state index contributed by atoms with van der Waals surface area (Å²) in [5, 5.41) is 12.9. The van der Waals surface area contributed by atoms with Crippen molar-refractivity contribution in [3.8, 4) is 5.75 Å². The topological polar surface area (TPSA) is 126 Å². The van der Waals surface area contributed by atoms with Crippen LogP contribution in [-0.4, -0.2) is 45.5 Å². The fourth-order valence-corrected chi connectivity index (χ4v) is 4.60. The summed E-state index contributed by atoms with van der Waals surface area (Å²) < 4.78 is 11.8. The molecule has 32 heavy (non-hydrogen) atoms. The predicted octanol–water partition coefficient (Wildman–Crippen LogP) is 1.90. The van der Waals surface area contributed by atoms with Crippen LogP contribution in [0.3, 0.4) is 0 Å². The van der Waals surface area contributed by atoms with Gasteiger partial charge in [0.1, 0.15) is 11.3 Å². The van der Waals surface area contributed by atoms with Crippen molar-refractivity contribution in [1.29, 1.82) is 0 Å². The first kappa shape index (κ1) is 21.0. The van der Waals surface area contributed by atoms with E-state index in [1.165, 1.54) is 5.56 Å². The quantitative estimate of drug-likeness (QED) is 0.754. The largest absolute Gasteiger partial charge is 0.496 e. The number of aryl methyl sites for hydroxylation is 1. The molecule has 2 aliphatic carbocycles. The highest BCUT2D eigenvalue weighted by atomic mass is 16.5. The average Bonchev–Trinajstić information content (AvgIpc) is 3.42. The lowest BCUT2D eigenvalue weighted by molar-refractivity contribution is -0.0481. The van der Waals surface area contributed by atoms with E-state index in [1.807, 2.05) is 51.1 Å². The van der Waals surface area contributed by atoms with Crippen LogP contribution in [0.4, 0.5) is 0 Å². The molecule has 1 aromatic carbocycles. The van der Waals surface area contributed by atoms with Crippen LogP contribution < -0.4 is 16.2 Å². The number of aliphatic imine (C=N–C) groups is 1. The van der Waals surface area contributed by atoms with Crippen molar-refractivity contribution in [2.45, 2.75) is 56.5 Å². The number of nitrogens with zero attached hydrogens (tertiary/aromatic N) is 5. The number of aromatic nitrogens is 4. The smallest absolute Gasteiger partial charge is 0.221 e. The summed E-state index contributed by atoms with van der Waals surface area (Å²) >= 11 is 0. The minimum Gasteiger partial charge on any atom is -0.496 e. The molecule has 0 bridgehead atoms. The van der Waals surface area contributed by atoms with E-state index in [0.717, 1.165) is 35.4 Å². The molecular weight excluding hydrogens is 406 g/mol. The van der Waals surface area contributed by atoms with Crippen molar-refractivity contribution < 1.29 is 9.47 Å². The van der Waals surface area contributed by atoms with Gasteiger partial charge in [0.15, 0.2) is 0 Å². The number of nitrogens with two attached hydrogens (primary N) is 2. The molecule has 4 N–H and O–H groups in total. The molecule has 5 rings (SSSR count). The summed E-state index contributed by atoms with van der Waals surface area (Å²) in [7, 11) is 1.68. The van der Waals surface area contributed by atoms with E-state index in [4.69, 9.17) is 25.9 Å². The van der Waals surface area contributed by atoms with E-state index < -0.39 is 11.4 Å². The van der Waals surface area contributed by atoms with Gasteiger partial charge in [0.2, 0.25) is 11.7 Å². The molecule has 2 heterocycles. The van der Waals surface area contributed by atoms with E-state index in [0.29, 0.717) is 12.4 Å². The number of hydrogen-bond acceptors (Lipinski definition) is 8. The van der Waals surface area contributed by atoms with Crippen LogP contribution in [-0.2, 0) is 22.2 Å². The normalized spacial score (nSPS) is 29.2. The highest BCUT2D eigenvalue weighted by molar-refractivity contribution is 6.10. The molecule has 2 aromatic rings. The lowest BCUT2D eigenvalue weighted by Gasteiger charge is -2.38. The Kier molecular flexibility index (Phi) is 4.63. The zero-order valence-corrected chi connectivity index (χ0v) is 18.9. The Bertz CT molecular complexity index is 1160. The van der Waals surface area contributed by atoms with Gasteiger partial charge >= 0.3 is 0 Å². The molecule has 9 heteroatoms. The van der Waals surface area contributed by atoms with Gasteiger partial charge in [0.25, 0.3) is 0 Å².